The third-order valence-corrected chi connectivity index (χ3v) is 7.60. The summed E-state index contributed by atoms with van der Waals surface area (Å²) in [5, 5.41) is 7.15. The summed E-state index contributed by atoms with van der Waals surface area (Å²) in [4.78, 5) is 31.8. The van der Waals surface area contributed by atoms with Crippen LogP contribution >= 0.6 is 23.2 Å². The molecule has 2 atom stereocenters. The minimum atomic E-state index is -0.671. The van der Waals surface area contributed by atoms with E-state index in [9.17, 15) is 14.0 Å². The van der Waals surface area contributed by atoms with E-state index in [-0.39, 0.29) is 23.8 Å². The zero-order valence-corrected chi connectivity index (χ0v) is 23.2. The lowest BCUT2D eigenvalue weighted by Crippen LogP contribution is -2.56. The Balaban J connectivity index is 1.45. The number of ether oxygens (including phenoxy) is 1. The third kappa shape index (κ3) is 6.88. The molecule has 0 aromatic heterocycles. The van der Waals surface area contributed by atoms with Gasteiger partial charge in [-0.1, -0.05) is 29.3 Å². The van der Waals surface area contributed by atoms with Crippen molar-refractivity contribution >= 4 is 40.8 Å². The molecule has 2 aliphatic heterocycles. The highest BCUT2D eigenvalue weighted by Crippen LogP contribution is 2.26. The molecule has 4 rings (SSSR count). The van der Waals surface area contributed by atoms with Crippen LogP contribution in [0.4, 0.5) is 14.9 Å². The predicted molar refractivity (Wildman–Crippen MR) is 147 cm³/mol. The number of urea groups is 1. The number of methoxy groups -OCH3 is 1. The van der Waals surface area contributed by atoms with Crippen molar-refractivity contribution in [2.24, 2.45) is 0 Å². The van der Waals surface area contributed by atoms with Crippen molar-refractivity contribution < 1.29 is 18.7 Å². The average Bonchev–Trinajstić information content (AvgIpc) is 3.32. The van der Waals surface area contributed by atoms with Crippen molar-refractivity contribution in [3.8, 4) is 0 Å². The SMILES string of the molecule is COCC(C)NCc1cc(F)ccc1N1CCN(C(=O)C(Cc2ccc(Cl)cc2Cl)N2CCNC2=O)CC1. The van der Waals surface area contributed by atoms with Crippen LogP contribution in [-0.4, -0.2) is 86.8 Å². The van der Waals surface area contributed by atoms with E-state index in [1.54, 1.807) is 47.2 Å². The fourth-order valence-corrected chi connectivity index (χ4v) is 5.47. The van der Waals surface area contributed by atoms with Crippen LogP contribution in [0.15, 0.2) is 36.4 Å². The molecule has 38 heavy (non-hydrogen) atoms. The highest BCUT2D eigenvalue weighted by molar-refractivity contribution is 6.35. The van der Waals surface area contributed by atoms with Gasteiger partial charge in [-0.3, -0.25) is 4.79 Å². The lowest BCUT2D eigenvalue weighted by molar-refractivity contribution is -0.136. The number of amides is 3. The number of piperazine rings is 1. The lowest BCUT2D eigenvalue weighted by Gasteiger charge is -2.39. The van der Waals surface area contributed by atoms with Crippen molar-refractivity contribution in [2.45, 2.75) is 32.0 Å². The molecule has 0 radical (unpaired) electrons. The number of nitrogens with one attached hydrogen (secondary N) is 2. The summed E-state index contributed by atoms with van der Waals surface area (Å²) in [5.41, 5.74) is 2.56. The maximum Gasteiger partial charge on any atom is 0.318 e. The summed E-state index contributed by atoms with van der Waals surface area (Å²) in [5.74, 6) is -0.395. The van der Waals surface area contributed by atoms with Crippen LogP contribution in [0, 0.1) is 5.82 Å². The van der Waals surface area contributed by atoms with Gasteiger partial charge in [0, 0.05) is 81.1 Å². The number of benzene rings is 2. The van der Waals surface area contributed by atoms with Crippen LogP contribution in [0.2, 0.25) is 10.0 Å². The second-order valence-electron chi connectivity index (χ2n) is 9.70. The van der Waals surface area contributed by atoms with E-state index >= 15 is 0 Å². The van der Waals surface area contributed by atoms with Crippen LogP contribution in [0.1, 0.15) is 18.1 Å². The number of nitrogens with zero attached hydrogens (tertiary/aromatic N) is 3. The molecule has 206 valence electrons. The highest BCUT2D eigenvalue weighted by atomic mass is 35.5. The minimum Gasteiger partial charge on any atom is -0.383 e. The summed E-state index contributed by atoms with van der Waals surface area (Å²) in [6.45, 7) is 6.20. The second kappa shape index (κ2) is 13.0. The molecule has 0 saturated carbocycles. The van der Waals surface area contributed by atoms with E-state index in [1.165, 1.54) is 6.07 Å². The predicted octanol–water partition coefficient (Wildman–Crippen LogP) is 3.54. The number of halogens is 3. The summed E-state index contributed by atoms with van der Waals surface area (Å²) in [7, 11) is 1.65. The van der Waals surface area contributed by atoms with Crippen LogP contribution in [0.5, 0.6) is 0 Å². The van der Waals surface area contributed by atoms with Gasteiger partial charge in [0.1, 0.15) is 11.9 Å². The monoisotopic (exact) mass is 565 g/mol. The molecule has 2 heterocycles. The Morgan fingerprint density at radius 3 is 2.53 bits per heavy atom. The molecular weight excluding hydrogens is 532 g/mol. The van der Waals surface area contributed by atoms with E-state index in [0.717, 1.165) is 16.8 Å². The van der Waals surface area contributed by atoms with Crippen LogP contribution in [-0.2, 0) is 22.5 Å². The molecule has 0 spiro atoms. The fourth-order valence-electron chi connectivity index (χ4n) is 4.99. The molecule has 0 aliphatic carbocycles. The Hall–Kier alpha value is -2.59. The molecule has 2 aromatic rings. The third-order valence-electron chi connectivity index (χ3n) is 7.01. The highest BCUT2D eigenvalue weighted by Gasteiger charge is 2.37. The molecule has 8 nitrogen and oxygen atoms in total. The number of rotatable bonds is 10. The zero-order valence-electron chi connectivity index (χ0n) is 21.7. The standard InChI is InChI=1S/C27H34Cl2FN5O3/c1-18(17-38-2)32-16-20-13-22(30)5-6-24(20)33-9-11-34(12-10-33)26(36)25(35-8-7-31-27(35)37)14-19-3-4-21(28)15-23(19)29/h3-6,13,15,18,25,32H,7-12,14,16-17H2,1-2H3,(H,31,37). The van der Waals surface area contributed by atoms with Crippen molar-refractivity contribution in [1.29, 1.82) is 0 Å². The second-order valence-corrected chi connectivity index (χ2v) is 10.5. The van der Waals surface area contributed by atoms with Gasteiger partial charge in [0.05, 0.1) is 6.61 Å². The first kappa shape index (κ1) is 28.4. The van der Waals surface area contributed by atoms with Gasteiger partial charge in [0.15, 0.2) is 0 Å². The first-order chi connectivity index (χ1) is 18.3. The van der Waals surface area contributed by atoms with E-state index in [2.05, 4.69) is 15.5 Å². The molecule has 3 amide bonds. The summed E-state index contributed by atoms with van der Waals surface area (Å²) in [6, 6.07) is 9.20. The first-order valence-electron chi connectivity index (χ1n) is 12.8. The van der Waals surface area contributed by atoms with Crippen molar-refractivity contribution in [3.63, 3.8) is 0 Å². The molecule has 2 aliphatic rings. The average molecular weight is 567 g/mol. The van der Waals surface area contributed by atoms with Crippen LogP contribution in [0.3, 0.4) is 0 Å². The van der Waals surface area contributed by atoms with Gasteiger partial charge in [-0.25, -0.2) is 9.18 Å². The smallest absolute Gasteiger partial charge is 0.318 e. The Kier molecular flexibility index (Phi) is 9.70. The number of carbonyl (C=O) groups excluding carboxylic acids is 2. The maximum atomic E-state index is 14.1. The Bertz CT molecular complexity index is 1150. The number of anilines is 1. The van der Waals surface area contributed by atoms with Gasteiger partial charge >= 0.3 is 6.03 Å². The molecule has 2 N–H and O–H groups in total. The van der Waals surface area contributed by atoms with E-state index in [1.807, 2.05) is 6.92 Å². The Labute approximate surface area is 233 Å². The lowest BCUT2D eigenvalue weighted by atomic mass is 10.0. The topological polar surface area (TPSA) is 77.2 Å². The zero-order chi connectivity index (χ0) is 27.2. The normalized spacial score (nSPS) is 17.5. The van der Waals surface area contributed by atoms with Crippen molar-refractivity contribution in [3.05, 3.63) is 63.4 Å². The van der Waals surface area contributed by atoms with Crippen molar-refractivity contribution in [1.82, 2.24) is 20.4 Å². The van der Waals surface area contributed by atoms with Gasteiger partial charge in [0.2, 0.25) is 5.91 Å². The molecule has 2 unspecified atom stereocenters. The fraction of sp³-hybridized carbons (Fsp3) is 0.481. The Morgan fingerprint density at radius 2 is 1.87 bits per heavy atom. The van der Waals surface area contributed by atoms with E-state index in [0.29, 0.717) is 68.9 Å². The van der Waals surface area contributed by atoms with E-state index in [4.69, 9.17) is 27.9 Å². The summed E-state index contributed by atoms with van der Waals surface area (Å²) in [6.07, 6.45) is 0.301. The molecule has 2 saturated heterocycles. The molecular formula is C27H34Cl2FN5O3. The summed E-state index contributed by atoms with van der Waals surface area (Å²) < 4.78 is 19.3. The minimum absolute atomic E-state index is 0.109. The van der Waals surface area contributed by atoms with Crippen LogP contribution in [0.25, 0.3) is 0 Å². The molecule has 0 bridgehead atoms. The quantitative estimate of drug-likeness (QED) is 0.460. The first-order valence-corrected chi connectivity index (χ1v) is 13.5. The Morgan fingerprint density at radius 1 is 1.11 bits per heavy atom. The molecule has 11 heteroatoms. The molecule has 2 fully saturated rings. The van der Waals surface area contributed by atoms with Gasteiger partial charge in [-0.2, -0.15) is 0 Å². The molecule has 2 aromatic carbocycles. The van der Waals surface area contributed by atoms with Gasteiger partial charge < -0.3 is 30.1 Å². The van der Waals surface area contributed by atoms with Crippen molar-refractivity contribution in [2.75, 3.05) is 57.9 Å². The maximum absolute atomic E-state index is 14.1. The largest absolute Gasteiger partial charge is 0.383 e. The van der Waals surface area contributed by atoms with Gasteiger partial charge in [0.25, 0.3) is 0 Å². The summed E-state index contributed by atoms with van der Waals surface area (Å²) >= 11 is 12.5. The van der Waals surface area contributed by atoms with Crippen LogP contribution < -0.4 is 15.5 Å². The number of hydrogen-bond acceptors (Lipinski definition) is 5. The van der Waals surface area contributed by atoms with Gasteiger partial charge in [-0.05, 0) is 48.4 Å². The van der Waals surface area contributed by atoms with Gasteiger partial charge in [-0.15, -0.1) is 0 Å². The number of carbonyl (C=O) groups is 2. The number of hydrogen-bond donors (Lipinski definition) is 2. The van der Waals surface area contributed by atoms with E-state index < -0.39 is 6.04 Å².